The van der Waals surface area contributed by atoms with Gasteiger partial charge in [0.15, 0.2) is 0 Å². The van der Waals surface area contributed by atoms with Gasteiger partial charge in [-0.1, -0.05) is 15.9 Å². The van der Waals surface area contributed by atoms with E-state index in [4.69, 9.17) is 0 Å². The predicted octanol–water partition coefficient (Wildman–Crippen LogP) is 2.67. The van der Waals surface area contributed by atoms with E-state index in [9.17, 15) is 9.50 Å². The second kappa shape index (κ2) is 5.69. The van der Waals surface area contributed by atoms with E-state index in [0.717, 1.165) is 22.5 Å². The van der Waals surface area contributed by atoms with E-state index in [1.54, 1.807) is 23.9 Å². The highest BCUT2D eigenvalue weighted by Gasteiger charge is 2.29. The highest BCUT2D eigenvalue weighted by molar-refractivity contribution is 9.10. The maximum atomic E-state index is 13.7. The third kappa shape index (κ3) is 3.02. The molecular formula is C12H15BrFNOS. The molecule has 2 rings (SSSR count). The molecule has 0 spiro atoms. The van der Waals surface area contributed by atoms with Crippen LogP contribution in [0.4, 0.5) is 4.39 Å². The fourth-order valence-electron chi connectivity index (χ4n) is 1.99. The van der Waals surface area contributed by atoms with Crippen LogP contribution in [0.1, 0.15) is 11.7 Å². The van der Waals surface area contributed by atoms with E-state index in [-0.39, 0.29) is 11.9 Å². The molecule has 17 heavy (non-hydrogen) atoms. The summed E-state index contributed by atoms with van der Waals surface area (Å²) in [5.41, 5.74) is 0.374. The number of hydrogen-bond acceptors (Lipinski definition) is 3. The van der Waals surface area contributed by atoms with Gasteiger partial charge < -0.3 is 5.11 Å². The third-order valence-corrected chi connectivity index (χ3v) is 4.63. The largest absolute Gasteiger partial charge is 0.387 e. The quantitative estimate of drug-likeness (QED) is 0.906. The summed E-state index contributed by atoms with van der Waals surface area (Å²) in [5.74, 6) is 1.56. The van der Waals surface area contributed by atoms with Gasteiger partial charge in [0, 0.05) is 34.1 Å². The summed E-state index contributed by atoms with van der Waals surface area (Å²) in [6, 6.07) is 4.67. The molecule has 1 saturated heterocycles. The van der Waals surface area contributed by atoms with Crippen LogP contribution in [0.5, 0.6) is 0 Å². The summed E-state index contributed by atoms with van der Waals surface area (Å²) in [6.45, 7) is 0.933. The summed E-state index contributed by atoms with van der Waals surface area (Å²) in [5, 5.41) is 10.3. The number of halogens is 2. The first kappa shape index (κ1) is 13.3. The molecule has 0 bridgehead atoms. The molecule has 1 aliphatic rings. The van der Waals surface area contributed by atoms with Crippen LogP contribution in [0.3, 0.4) is 0 Å². The molecule has 0 aromatic heterocycles. The maximum Gasteiger partial charge on any atom is 0.129 e. The smallest absolute Gasteiger partial charge is 0.129 e. The Kier molecular flexibility index (Phi) is 4.47. The van der Waals surface area contributed by atoms with Crippen molar-refractivity contribution in [3.63, 3.8) is 0 Å². The normalized spacial score (nSPS) is 23.6. The highest BCUT2D eigenvalue weighted by Crippen LogP contribution is 2.29. The van der Waals surface area contributed by atoms with E-state index in [1.807, 2.05) is 7.05 Å². The van der Waals surface area contributed by atoms with Gasteiger partial charge in [0.1, 0.15) is 5.82 Å². The number of likely N-dealkylation sites (N-methyl/N-ethyl adjacent to an activating group) is 1. The van der Waals surface area contributed by atoms with Gasteiger partial charge >= 0.3 is 0 Å². The number of benzene rings is 1. The van der Waals surface area contributed by atoms with Crippen LogP contribution < -0.4 is 0 Å². The zero-order valence-corrected chi connectivity index (χ0v) is 12.0. The first-order valence-electron chi connectivity index (χ1n) is 5.50. The highest BCUT2D eigenvalue weighted by atomic mass is 79.9. The zero-order valence-electron chi connectivity index (χ0n) is 9.57. The van der Waals surface area contributed by atoms with Gasteiger partial charge in [-0.2, -0.15) is 11.8 Å². The fraction of sp³-hybridized carbons (Fsp3) is 0.500. The molecule has 1 heterocycles. The number of nitrogens with zero attached hydrogens (tertiary/aromatic N) is 1. The average molecular weight is 320 g/mol. The fourth-order valence-corrected chi connectivity index (χ4v) is 3.63. The number of hydrogen-bond donors (Lipinski definition) is 1. The summed E-state index contributed by atoms with van der Waals surface area (Å²) < 4.78 is 14.5. The van der Waals surface area contributed by atoms with E-state index < -0.39 is 6.10 Å². The van der Waals surface area contributed by atoms with Gasteiger partial charge in [-0.15, -0.1) is 0 Å². The van der Waals surface area contributed by atoms with Crippen molar-refractivity contribution >= 4 is 27.7 Å². The standard InChI is InChI=1S/C12H15BrFNOS/c1-15-4-5-17-7-11(15)12(16)9-6-8(13)2-3-10(9)14/h2-3,6,11-12,16H,4-5,7H2,1H3. The topological polar surface area (TPSA) is 23.5 Å². The Morgan fingerprint density at radius 2 is 2.35 bits per heavy atom. The minimum atomic E-state index is -0.773. The molecule has 1 N–H and O–H groups in total. The van der Waals surface area contributed by atoms with Crippen molar-refractivity contribution in [2.24, 2.45) is 0 Å². The molecule has 1 aromatic carbocycles. The van der Waals surface area contributed by atoms with Crippen LogP contribution in [-0.2, 0) is 0 Å². The third-order valence-electron chi connectivity index (χ3n) is 3.08. The molecule has 1 aliphatic heterocycles. The van der Waals surface area contributed by atoms with E-state index in [1.165, 1.54) is 6.07 Å². The van der Waals surface area contributed by atoms with Crippen molar-refractivity contribution in [2.45, 2.75) is 12.1 Å². The Morgan fingerprint density at radius 1 is 1.59 bits per heavy atom. The van der Waals surface area contributed by atoms with Crippen molar-refractivity contribution in [3.8, 4) is 0 Å². The van der Waals surface area contributed by atoms with Gasteiger partial charge in [-0.05, 0) is 25.2 Å². The zero-order chi connectivity index (χ0) is 12.4. The van der Waals surface area contributed by atoms with E-state index in [0.29, 0.717) is 5.56 Å². The van der Waals surface area contributed by atoms with E-state index in [2.05, 4.69) is 20.8 Å². The first-order valence-corrected chi connectivity index (χ1v) is 7.45. The average Bonchev–Trinajstić information content (AvgIpc) is 2.32. The number of aliphatic hydroxyl groups excluding tert-OH is 1. The van der Waals surface area contributed by atoms with Gasteiger partial charge in [-0.25, -0.2) is 4.39 Å². The molecule has 1 fully saturated rings. The molecule has 0 saturated carbocycles. The van der Waals surface area contributed by atoms with Crippen LogP contribution in [0.15, 0.2) is 22.7 Å². The molecule has 2 nitrogen and oxygen atoms in total. The summed E-state index contributed by atoms with van der Waals surface area (Å²) in [6.07, 6.45) is -0.773. The molecule has 0 amide bonds. The Balaban J connectivity index is 2.23. The van der Waals surface area contributed by atoms with Crippen molar-refractivity contribution in [1.82, 2.24) is 4.90 Å². The second-order valence-corrected chi connectivity index (χ2v) is 6.30. The SMILES string of the molecule is CN1CCSCC1C(O)c1cc(Br)ccc1F. The Bertz CT molecular complexity index is 404. The minimum Gasteiger partial charge on any atom is -0.387 e. The molecule has 0 radical (unpaired) electrons. The molecular weight excluding hydrogens is 305 g/mol. The first-order chi connectivity index (χ1) is 8.09. The molecule has 0 aliphatic carbocycles. The van der Waals surface area contributed by atoms with Gasteiger partial charge in [-0.3, -0.25) is 4.90 Å². The van der Waals surface area contributed by atoms with Crippen LogP contribution in [0, 0.1) is 5.82 Å². The molecule has 5 heteroatoms. The molecule has 2 atom stereocenters. The van der Waals surface area contributed by atoms with Gasteiger partial charge in [0.25, 0.3) is 0 Å². The van der Waals surface area contributed by atoms with Crippen molar-refractivity contribution in [3.05, 3.63) is 34.1 Å². The van der Waals surface area contributed by atoms with Crippen molar-refractivity contribution in [1.29, 1.82) is 0 Å². The van der Waals surface area contributed by atoms with Crippen LogP contribution in [-0.4, -0.2) is 41.1 Å². The van der Waals surface area contributed by atoms with Gasteiger partial charge in [0.05, 0.1) is 6.10 Å². The summed E-state index contributed by atoms with van der Waals surface area (Å²) in [4.78, 5) is 2.10. The van der Waals surface area contributed by atoms with Crippen molar-refractivity contribution in [2.75, 3.05) is 25.1 Å². The monoisotopic (exact) mass is 319 g/mol. The van der Waals surface area contributed by atoms with Gasteiger partial charge in [0.2, 0.25) is 0 Å². The predicted molar refractivity (Wildman–Crippen MR) is 72.8 cm³/mol. The lowest BCUT2D eigenvalue weighted by Crippen LogP contribution is -2.43. The molecule has 2 unspecified atom stereocenters. The summed E-state index contributed by atoms with van der Waals surface area (Å²) in [7, 11) is 1.98. The van der Waals surface area contributed by atoms with E-state index >= 15 is 0 Å². The Labute approximate surface area is 113 Å². The summed E-state index contributed by atoms with van der Waals surface area (Å²) >= 11 is 5.11. The van der Waals surface area contributed by atoms with Crippen molar-refractivity contribution < 1.29 is 9.50 Å². The number of aliphatic hydroxyl groups is 1. The van der Waals surface area contributed by atoms with Crippen LogP contribution >= 0.6 is 27.7 Å². The molecule has 1 aromatic rings. The number of thioether (sulfide) groups is 1. The maximum absolute atomic E-state index is 13.7. The van der Waals surface area contributed by atoms with Crippen LogP contribution in [0.2, 0.25) is 0 Å². The lowest BCUT2D eigenvalue weighted by atomic mass is 10.0. The lowest BCUT2D eigenvalue weighted by molar-refractivity contribution is 0.0730. The Morgan fingerprint density at radius 3 is 3.06 bits per heavy atom. The molecule has 94 valence electrons. The van der Waals surface area contributed by atoms with Crippen LogP contribution in [0.25, 0.3) is 0 Å². The number of rotatable bonds is 2. The second-order valence-electron chi connectivity index (χ2n) is 4.23. The minimum absolute atomic E-state index is 0.0162. The Hall–Kier alpha value is -0.100. The lowest BCUT2D eigenvalue weighted by Gasteiger charge is -2.35.